The van der Waals surface area contributed by atoms with Crippen molar-refractivity contribution in [3.8, 4) is 0 Å². The monoisotopic (exact) mass is 485 g/mol. The molecule has 0 unspecified atom stereocenters. The van der Waals surface area contributed by atoms with Crippen molar-refractivity contribution in [1.29, 1.82) is 0 Å². The van der Waals surface area contributed by atoms with Crippen molar-refractivity contribution in [2.24, 2.45) is 0 Å². The zero-order valence-corrected chi connectivity index (χ0v) is 20.8. The van der Waals surface area contributed by atoms with Gasteiger partial charge in [0.15, 0.2) is 5.82 Å². The molecule has 0 spiro atoms. The highest BCUT2D eigenvalue weighted by Gasteiger charge is 2.34. The van der Waals surface area contributed by atoms with E-state index in [1.807, 2.05) is 48.0 Å². The van der Waals surface area contributed by atoms with Gasteiger partial charge in [0, 0.05) is 50.3 Å². The summed E-state index contributed by atoms with van der Waals surface area (Å²) in [6.45, 7) is 8.83. The third-order valence-corrected chi connectivity index (χ3v) is 6.55. The van der Waals surface area contributed by atoms with Crippen molar-refractivity contribution in [3.05, 3.63) is 41.0 Å². The second-order valence-electron chi connectivity index (χ2n) is 9.30. The lowest BCUT2D eigenvalue weighted by Gasteiger charge is -2.41. The van der Waals surface area contributed by atoms with Gasteiger partial charge in [-0.2, -0.15) is 4.98 Å². The largest absolute Gasteiger partial charge is 0.361 e. The molecule has 2 aliphatic rings. The number of piperazine rings is 1. The number of aromatic nitrogens is 2. The van der Waals surface area contributed by atoms with Crippen LogP contribution in [0.3, 0.4) is 0 Å². The Morgan fingerprint density at radius 2 is 2.00 bits per heavy atom. The minimum Gasteiger partial charge on any atom is -0.361 e. The average Bonchev–Trinajstić information content (AvgIpc) is 2.79. The van der Waals surface area contributed by atoms with Gasteiger partial charge >= 0.3 is 0 Å². The quantitative estimate of drug-likeness (QED) is 0.648. The standard InChI is InChI=1S/C24H32ClN7O2/c1-15(2)26-11-19(17-5-7-18(25)8-6-17)23(34)32-10-9-31(13-16(32)3)24-27-12-20-22(29-24)28-21(33)14-30(20)4/h5-8,12,15-16,19,26H,9-11,13-14H2,1-4H3,(H,27,28,29,33)/t16-,19+/m0/s1. The molecule has 3 heterocycles. The number of carbonyl (C=O) groups is 2. The smallest absolute Gasteiger partial charge is 0.245 e. The van der Waals surface area contributed by atoms with E-state index < -0.39 is 0 Å². The summed E-state index contributed by atoms with van der Waals surface area (Å²) in [5.74, 6) is 0.801. The van der Waals surface area contributed by atoms with Crippen molar-refractivity contribution in [1.82, 2.24) is 20.2 Å². The number of halogens is 1. The van der Waals surface area contributed by atoms with Gasteiger partial charge in [-0.1, -0.05) is 37.6 Å². The van der Waals surface area contributed by atoms with Gasteiger partial charge in [-0.25, -0.2) is 4.98 Å². The Kier molecular flexibility index (Phi) is 7.23. The Bertz CT molecular complexity index is 1050. The van der Waals surface area contributed by atoms with E-state index >= 15 is 0 Å². The summed E-state index contributed by atoms with van der Waals surface area (Å²) in [6, 6.07) is 7.78. The van der Waals surface area contributed by atoms with E-state index in [0.717, 1.165) is 11.3 Å². The van der Waals surface area contributed by atoms with Gasteiger partial charge in [-0.3, -0.25) is 9.59 Å². The van der Waals surface area contributed by atoms with Crippen LogP contribution < -0.4 is 20.4 Å². The molecular weight excluding hydrogens is 454 g/mol. The number of benzene rings is 1. The van der Waals surface area contributed by atoms with E-state index in [4.69, 9.17) is 11.6 Å². The summed E-state index contributed by atoms with van der Waals surface area (Å²) < 4.78 is 0. The molecular formula is C24H32ClN7O2. The molecule has 9 nitrogen and oxygen atoms in total. The molecule has 182 valence electrons. The van der Waals surface area contributed by atoms with Gasteiger partial charge in [-0.15, -0.1) is 0 Å². The molecule has 2 atom stereocenters. The number of hydrogen-bond donors (Lipinski definition) is 2. The molecule has 0 saturated carbocycles. The maximum atomic E-state index is 13.7. The summed E-state index contributed by atoms with van der Waals surface area (Å²) in [4.78, 5) is 40.5. The molecule has 1 aromatic carbocycles. The second kappa shape index (κ2) is 10.1. The Morgan fingerprint density at radius 3 is 2.68 bits per heavy atom. The van der Waals surface area contributed by atoms with E-state index in [9.17, 15) is 9.59 Å². The van der Waals surface area contributed by atoms with Crippen LogP contribution in [-0.4, -0.2) is 78.5 Å². The number of fused-ring (bicyclic) bond motifs is 1. The minimum absolute atomic E-state index is 0.0213. The van der Waals surface area contributed by atoms with Gasteiger partial charge in [0.05, 0.1) is 24.3 Å². The normalized spacial score (nSPS) is 19.2. The van der Waals surface area contributed by atoms with E-state index in [1.165, 1.54) is 0 Å². The maximum absolute atomic E-state index is 13.7. The van der Waals surface area contributed by atoms with Crippen LogP contribution in [0.2, 0.25) is 5.02 Å². The highest BCUT2D eigenvalue weighted by molar-refractivity contribution is 6.30. The first kappa shape index (κ1) is 24.2. The molecule has 2 aliphatic heterocycles. The Balaban J connectivity index is 1.48. The average molecular weight is 486 g/mol. The predicted molar refractivity (Wildman–Crippen MR) is 135 cm³/mol. The van der Waals surface area contributed by atoms with Crippen molar-refractivity contribution in [2.75, 3.05) is 54.9 Å². The van der Waals surface area contributed by atoms with Crippen LogP contribution in [-0.2, 0) is 9.59 Å². The fourth-order valence-electron chi connectivity index (χ4n) is 4.43. The van der Waals surface area contributed by atoms with E-state index in [0.29, 0.717) is 43.0 Å². The number of nitrogens with zero attached hydrogens (tertiary/aromatic N) is 5. The molecule has 1 aromatic heterocycles. The molecule has 2 amide bonds. The number of nitrogens with one attached hydrogen (secondary N) is 2. The number of likely N-dealkylation sites (N-methyl/N-ethyl adjacent to an activating group) is 1. The van der Waals surface area contributed by atoms with Gasteiger partial charge in [-0.05, 0) is 24.6 Å². The van der Waals surface area contributed by atoms with E-state index in [-0.39, 0.29) is 36.4 Å². The molecule has 4 rings (SSSR count). The van der Waals surface area contributed by atoms with Crippen molar-refractivity contribution < 1.29 is 9.59 Å². The number of anilines is 3. The summed E-state index contributed by atoms with van der Waals surface area (Å²) >= 11 is 6.08. The third kappa shape index (κ3) is 5.26. The Labute approximate surface area is 205 Å². The number of carbonyl (C=O) groups excluding carboxylic acids is 2. The molecule has 10 heteroatoms. The lowest BCUT2D eigenvalue weighted by Crippen LogP contribution is -2.56. The Morgan fingerprint density at radius 1 is 1.26 bits per heavy atom. The lowest BCUT2D eigenvalue weighted by atomic mass is 9.96. The highest BCUT2D eigenvalue weighted by atomic mass is 35.5. The summed E-state index contributed by atoms with van der Waals surface area (Å²) in [5, 5.41) is 6.90. The van der Waals surface area contributed by atoms with Crippen LogP contribution in [0.15, 0.2) is 30.5 Å². The van der Waals surface area contributed by atoms with Gasteiger partial charge in [0.1, 0.15) is 0 Å². The molecule has 0 bridgehead atoms. The molecule has 2 N–H and O–H groups in total. The van der Waals surface area contributed by atoms with E-state index in [2.05, 4.69) is 39.3 Å². The van der Waals surface area contributed by atoms with Crippen molar-refractivity contribution in [2.45, 2.75) is 38.8 Å². The summed E-state index contributed by atoms with van der Waals surface area (Å²) in [6.07, 6.45) is 1.74. The second-order valence-corrected chi connectivity index (χ2v) is 9.74. The zero-order chi connectivity index (χ0) is 24.4. The molecule has 0 radical (unpaired) electrons. The minimum atomic E-state index is -0.292. The Hall–Kier alpha value is -2.91. The topological polar surface area (TPSA) is 93.7 Å². The number of rotatable bonds is 6. The van der Waals surface area contributed by atoms with Crippen LogP contribution in [0.1, 0.15) is 32.3 Å². The van der Waals surface area contributed by atoms with Gasteiger partial charge in [0.25, 0.3) is 0 Å². The SMILES string of the molecule is CC(C)NC[C@@H](C(=O)N1CCN(c2ncc3c(n2)NC(=O)CN3C)C[C@@H]1C)c1ccc(Cl)cc1. The van der Waals surface area contributed by atoms with Crippen LogP contribution in [0.25, 0.3) is 0 Å². The van der Waals surface area contributed by atoms with Crippen molar-refractivity contribution >= 4 is 40.9 Å². The molecule has 1 fully saturated rings. The van der Waals surface area contributed by atoms with Crippen LogP contribution in [0.5, 0.6) is 0 Å². The lowest BCUT2D eigenvalue weighted by molar-refractivity contribution is -0.135. The van der Waals surface area contributed by atoms with Gasteiger partial charge in [0.2, 0.25) is 17.8 Å². The molecule has 34 heavy (non-hydrogen) atoms. The highest BCUT2D eigenvalue weighted by Crippen LogP contribution is 2.29. The fraction of sp³-hybridized carbons (Fsp3) is 0.500. The predicted octanol–water partition coefficient (Wildman–Crippen LogP) is 2.34. The summed E-state index contributed by atoms with van der Waals surface area (Å²) in [5.41, 5.74) is 1.75. The van der Waals surface area contributed by atoms with Crippen LogP contribution in [0, 0.1) is 0 Å². The fourth-order valence-corrected chi connectivity index (χ4v) is 4.55. The molecule has 0 aliphatic carbocycles. The third-order valence-electron chi connectivity index (χ3n) is 6.30. The first-order valence-corrected chi connectivity index (χ1v) is 12.0. The molecule has 2 aromatic rings. The first-order valence-electron chi connectivity index (χ1n) is 11.6. The summed E-state index contributed by atoms with van der Waals surface area (Å²) in [7, 11) is 1.85. The van der Waals surface area contributed by atoms with Crippen LogP contribution in [0.4, 0.5) is 17.5 Å². The first-order chi connectivity index (χ1) is 16.2. The van der Waals surface area contributed by atoms with Gasteiger partial charge < -0.3 is 25.3 Å². The van der Waals surface area contributed by atoms with E-state index in [1.54, 1.807) is 6.20 Å². The number of amides is 2. The van der Waals surface area contributed by atoms with Crippen LogP contribution >= 0.6 is 11.6 Å². The molecule has 1 saturated heterocycles. The zero-order valence-electron chi connectivity index (χ0n) is 20.1. The number of hydrogen-bond acceptors (Lipinski definition) is 7. The van der Waals surface area contributed by atoms with Crippen molar-refractivity contribution in [3.63, 3.8) is 0 Å². The maximum Gasteiger partial charge on any atom is 0.245 e.